The van der Waals surface area contributed by atoms with E-state index in [1.165, 1.54) is 0 Å². The Hall–Kier alpha value is -1.69. The number of hydrogen-bond acceptors (Lipinski definition) is 3. The second kappa shape index (κ2) is 10.5. The Morgan fingerprint density at radius 3 is 1.07 bits per heavy atom. The second-order valence-electron chi connectivity index (χ2n) is 7.47. The monoisotopic (exact) mass is 668 g/mol. The molecule has 0 saturated heterocycles. The first-order chi connectivity index (χ1) is 17.1. The maximum Gasteiger partial charge on any atom is 0.460 e. The number of hydrogen-bond donors (Lipinski definition) is 2. The molecular formula is C15H9F21O3S. The van der Waals surface area contributed by atoms with Crippen LogP contribution in [0.1, 0.15) is 12.8 Å². The molecule has 2 N–H and O–H groups in total. The molecule has 0 heterocycles. The van der Waals surface area contributed by atoms with E-state index in [1.54, 1.807) is 0 Å². The van der Waals surface area contributed by atoms with Gasteiger partial charge in [0.05, 0.1) is 6.42 Å². The van der Waals surface area contributed by atoms with E-state index < -0.39 is 101 Å². The van der Waals surface area contributed by atoms with Crippen molar-refractivity contribution in [1.29, 1.82) is 0 Å². The van der Waals surface area contributed by atoms with Crippen LogP contribution in [0.5, 0.6) is 0 Å². The largest absolute Gasteiger partial charge is 0.481 e. The van der Waals surface area contributed by atoms with Gasteiger partial charge in [-0.15, -0.1) is 11.8 Å². The van der Waals surface area contributed by atoms with E-state index >= 15 is 0 Å². The highest BCUT2D eigenvalue weighted by molar-refractivity contribution is 7.99. The van der Waals surface area contributed by atoms with Crippen molar-refractivity contribution >= 4 is 17.7 Å². The number of aliphatic hydroxyl groups excluding tert-OH is 1. The molecule has 0 saturated carbocycles. The minimum atomic E-state index is -9.23. The lowest BCUT2D eigenvalue weighted by Crippen LogP contribution is -2.76. The second-order valence-corrected chi connectivity index (χ2v) is 8.76. The van der Waals surface area contributed by atoms with Gasteiger partial charge in [0.1, 0.15) is 5.44 Å². The van der Waals surface area contributed by atoms with Gasteiger partial charge in [-0.05, 0) is 0 Å². The molecule has 0 aromatic heterocycles. The van der Waals surface area contributed by atoms with Crippen molar-refractivity contribution in [3.63, 3.8) is 0 Å². The van der Waals surface area contributed by atoms with E-state index in [1.807, 2.05) is 0 Å². The van der Waals surface area contributed by atoms with Gasteiger partial charge in [0.2, 0.25) is 0 Å². The van der Waals surface area contributed by atoms with Gasteiger partial charge in [0.15, 0.2) is 0 Å². The molecule has 0 radical (unpaired) electrons. The molecule has 0 spiro atoms. The Balaban J connectivity index is 6.66. The van der Waals surface area contributed by atoms with Gasteiger partial charge in [-0.2, -0.15) is 92.2 Å². The zero-order valence-corrected chi connectivity index (χ0v) is 18.7. The summed E-state index contributed by atoms with van der Waals surface area (Å²) >= 11 is -0.499. The number of aliphatic carboxylic acids is 1. The lowest BCUT2D eigenvalue weighted by molar-refractivity contribution is -0.474. The summed E-state index contributed by atoms with van der Waals surface area (Å²) in [4.78, 5) is 10.2. The lowest BCUT2D eigenvalue weighted by atomic mass is 9.86. The predicted octanol–water partition coefficient (Wildman–Crippen LogP) is 7.18. The van der Waals surface area contributed by atoms with E-state index in [9.17, 15) is 97.0 Å². The van der Waals surface area contributed by atoms with E-state index in [0.29, 0.717) is 0 Å². The van der Waals surface area contributed by atoms with Gasteiger partial charge in [-0.25, -0.2) is 0 Å². The van der Waals surface area contributed by atoms with Crippen LogP contribution in [-0.2, 0) is 4.79 Å². The smallest absolute Gasteiger partial charge is 0.460 e. The first-order valence-corrected chi connectivity index (χ1v) is 10.1. The predicted molar refractivity (Wildman–Crippen MR) is 85.9 cm³/mol. The van der Waals surface area contributed by atoms with Crippen molar-refractivity contribution in [1.82, 2.24) is 0 Å². The van der Waals surface area contributed by atoms with E-state index in [0.717, 1.165) is 0 Å². The van der Waals surface area contributed by atoms with E-state index in [2.05, 4.69) is 0 Å². The molecule has 0 aliphatic rings. The van der Waals surface area contributed by atoms with Crippen molar-refractivity contribution in [3.05, 3.63) is 0 Å². The van der Waals surface area contributed by atoms with E-state index in [-0.39, 0.29) is 0 Å². The highest BCUT2D eigenvalue weighted by atomic mass is 32.2. The summed E-state index contributed by atoms with van der Waals surface area (Å²) in [5.74, 6) is -81.2. The molecule has 240 valence electrons. The molecule has 1 unspecified atom stereocenters. The lowest BCUT2D eigenvalue weighted by Gasteiger charge is -2.44. The number of carboxylic acids is 1. The first kappa shape index (κ1) is 38.3. The highest BCUT2D eigenvalue weighted by Crippen LogP contribution is 2.66. The molecule has 40 heavy (non-hydrogen) atoms. The zero-order chi connectivity index (χ0) is 33.0. The van der Waals surface area contributed by atoms with Crippen LogP contribution in [0.25, 0.3) is 0 Å². The summed E-state index contributed by atoms with van der Waals surface area (Å²) in [6.45, 7) is 0. The minimum absolute atomic E-state index is 0.499. The molecule has 0 aromatic rings. The van der Waals surface area contributed by atoms with E-state index in [4.69, 9.17) is 10.2 Å². The summed E-state index contributed by atoms with van der Waals surface area (Å²) in [7, 11) is 0. The number of carbonyl (C=O) groups is 1. The summed E-state index contributed by atoms with van der Waals surface area (Å²) in [5.41, 5.74) is -2.29. The number of halogens is 21. The van der Waals surface area contributed by atoms with Crippen molar-refractivity contribution in [2.45, 2.75) is 77.8 Å². The van der Waals surface area contributed by atoms with Gasteiger partial charge in [0, 0.05) is 12.2 Å². The molecule has 1 atom stereocenters. The number of thioether (sulfide) groups is 1. The minimum Gasteiger partial charge on any atom is -0.481 e. The maximum absolute atomic E-state index is 13.7. The molecule has 0 fully saturated rings. The average molecular weight is 668 g/mol. The number of alkyl halides is 21. The van der Waals surface area contributed by atoms with Crippen LogP contribution in [0.2, 0.25) is 0 Å². The van der Waals surface area contributed by atoms with Crippen LogP contribution in [-0.4, -0.2) is 86.9 Å². The molecule has 0 amide bonds. The van der Waals surface area contributed by atoms with Crippen molar-refractivity contribution in [2.24, 2.45) is 0 Å². The van der Waals surface area contributed by atoms with Crippen molar-refractivity contribution in [3.8, 4) is 0 Å². The SMILES string of the molecule is O=C(O)CC(O)SCCC(F)(F)C(F)(F)C(F)(F)C(F)(F)C(F)(F)C(F)(F)C(F)(F)C(F)(F)C(F)(F)C(F)(F)F. The summed E-state index contributed by atoms with van der Waals surface area (Å²) in [6.07, 6.45) is -12.3. The number of rotatable bonds is 14. The Morgan fingerprint density at radius 1 is 0.525 bits per heavy atom. The van der Waals surface area contributed by atoms with Crippen molar-refractivity contribution < 1.29 is 107 Å². The van der Waals surface area contributed by atoms with Crippen LogP contribution in [0.3, 0.4) is 0 Å². The van der Waals surface area contributed by atoms with Crippen LogP contribution < -0.4 is 0 Å². The van der Waals surface area contributed by atoms with Crippen LogP contribution in [0.15, 0.2) is 0 Å². The third kappa shape index (κ3) is 5.55. The Kier molecular flexibility index (Phi) is 10.1. The fraction of sp³-hybridized carbons (Fsp3) is 0.933. The molecular weight excluding hydrogens is 659 g/mol. The van der Waals surface area contributed by atoms with Gasteiger partial charge >= 0.3 is 65.4 Å². The van der Waals surface area contributed by atoms with Gasteiger partial charge in [-0.1, -0.05) is 0 Å². The average Bonchev–Trinajstić information content (AvgIpc) is 2.70. The Bertz CT molecular complexity index is 911. The van der Waals surface area contributed by atoms with Gasteiger partial charge < -0.3 is 10.2 Å². The third-order valence-electron chi connectivity index (χ3n) is 4.65. The van der Waals surface area contributed by atoms with Gasteiger partial charge in [0.25, 0.3) is 0 Å². The Labute approximate surface area is 209 Å². The fourth-order valence-corrected chi connectivity index (χ4v) is 3.19. The van der Waals surface area contributed by atoms with Crippen LogP contribution in [0, 0.1) is 0 Å². The quantitative estimate of drug-likeness (QED) is 0.152. The summed E-state index contributed by atoms with van der Waals surface area (Å²) < 4.78 is 278. The third-order valence-corrected chi connectivity index (χ3v) is 5.64. The number of aliphatic hydroxyl groups is 1. The fourth-order valence-electron chi connectivity index (χ4n) is 2.28. The summed E-state index contributed by atoms with van der Waals surface area (Å²) in [6, 6.07) is 0. The van der Waals surface area contributed by atoms with Crippen LogP contribution in [0.4, 0.5) is 92.2 Å². The summed E-state index contributed by atoms with van der Waals surface area (Å²) in [5, 5.41) is 17.2. The molecule has 0 aliphatic carbocycles. The maximum atomic E-state index is 13.7. The van der Waals surface area contributed by atoms with Gasteiger partial charge in [-0.3, -0.25) is 4.79 Å². The Morgan fingerprint density at radius 2 is 0.800 bits per heavy atom. The molecule has 0 rings (SSSR count). The molecule has 0 bridgehead atoms. The molecule has 0 aliphatic heterocycles. The zero-order valence-electron chi connectivity index (χ0n) is 17.8. The normalized spacial score (nSPS) is 16.8. The highest BCUT2D eigenvalue weighted by Gasteiger charge is 2.97. The molecule has 3 nitrogen and oxygen atoms in total. The number of carboxylic acid groups (broad SMARTS) is 1. The topological polar surface area (TPSA) is 57.5 Å². The molecule has 0 aromatic carbocycles. The molecule has 25 heteroatoms. The van der Waals surface area contributed by atoms with Crippen LogP contribution >= 0.6 is 11.8 Å². The standard InChI is InChI=1S/C15H9F21O3S/c16-6(17,1-2-40-5(39)3-4(37)38)7(18,19)8(20,21)9(22,23)10(24,25)11(26,27)12(28,29)13(30,31)14(32,33)15(34,35)36/h5,39H,1-3H2,(H,37,38). The van der Waals surface area contributed by atoms with Crippen molar-refractivity contribution in [2.75, 3.05) is 5.75 Å². The first-order valence-electron chi connectivity index (χ1n) is 9.04.